The molecular weight excluding hydrogens is 272 g/mol. The third-order valence-electron chi connectivity index (χ3n) is 9.20. The van der Waals surface area contributed by atoms with Gasteiger partial charge in [0.15, 0.2) is 0 Å². The first-order valence-electron chi connectivity index (χ1n) is 9.82. The third kappa shape index (κ3) is 1.64. The lowest BCUT2D eigenvalue weighted by Gasteiger charge is -2.61. The molecule has 124 valence electrons. The molecule has 0 spiro atoms. The van der Waals surface area contributed by atoms with Crippen LogP contribution in [0.3, 0.4) is 0 Å². The van der Waals surface area contributed by atoms with E-state index in [4.69, 9.17) is 4.74 Å². The molecule has 5 rings (SSSR count). The van der Waals surface area contributed by atoms with E-state index in [-0.39, 0.29) is 6.10 Å². The number of ether oxygens (including phenoxy) is 1. The van der Waals surface area contributed by atoms with Crippen LogP contribution in [0, 0.1) is 40.4 Å². The van der Waals surface area contributed by atoms with Gasteiger partial charge in [-0.2, -0.15) is 0 Å². The van der Waals surface area contributed by atoms with Crippen LogP contribution in [0.5, 0.6) is 0 Å². The Bertz CT molecular complexity index is 476. The van der Waals surface area contributed by atoms with Crippen molar-refractivity contribution in [3.8, 4) is 0 Å². The zero-order valence-electron chi connectivity index (χ0n) is 14.3. The fourth-order valence-corrected chi connectivity index (χ4v) is 7.96. The summed E-state index contributed by atoms with van der Waals surface area (Å²) in [7, 11) is 0. The smallest absolute Gasteiger partial charge is 0.0681 e. The van der Waals surface area contributed by atoms with Crippen LogP contribution >= 0.6 is 0 Å². The number of aliphatic hydroxyl groups is 1. The Morgan fingerprint density at radius 2 is 1.73 bits per heavy atom. The Labute approximate surface area is 135 Å². The van der Waals surface area contributed by atoms with Crippen LogP contribution in [0.4, 0.5) is 0 Å². The molecule has 0 amide bonds. The molecular formula is C20H32O2. The zero-order valence-corrected chi connectivity index (χ0v) is 14.3. The van der Waals surface area contributed by atoms with Gasteiger partial charge in [0.2, 0.25) is 0 Å². The van der Waals surface area contributed by atoms with Gasteiger partial charge in [0.05, 0.1) is 18.8 Å². The molecule has 0 bridgehead atoms. The van der Waals surface area contributed by atoms with Crippen molar-refractivity contribution in [2.75, 3.05) is 6.61 Å². The number of aliphatic hydroxyl groups excluding tert-OH is 1. The van der Waals surface area contributed by atoms with Crippen molar-refractivity contribution < 1.29 is 9.84 Å². The molecule has 4 aliphatic carbocycles. The summed E-state index contributed by atoms with van der Waals surface area (Å²) >= 11 is 0. The van der Waals surface area contributed by atoms with Crippen molar-refractivity contribution >= 4 is 0 Å². The highest BCUT2D eigenvalue weighted by Gasteiger charge is 2.64. The summed E-state index contributed by atoms with van der Waals surface area (Å²) in [6, 6.07) is 0. The minimum Gasteiger partial charge on any atom is -0.393 e. The van der Waals surface area contributed by atoms with Crippen molar-refractivity contribution in [2.24, 2.45) is 40.4 Å². The Morgan fingerprint density at radius 3 is 2.50 bits per heavy atom. The normalized spacial score (nSPS) is 63.1. The van der Waals surface area contributed by atoms with E-state index in [2.05, 4.69) is 13.8 Å². The summed E-state index contributed by atoms with van der Waals surface area (Å²) in [4.78, 5) is 0. The highest BCUT2D eigenvalue weighted by Crippen LogP contribution is 2.68. The maximum Gasteiger partial charge on any atom is 0.0681 e. The highest BCUT2D eigenvalue weighted by atomic mass is 16.5. The van der Waals surface area contributed by atoms with Crippen LogP contribution < -0.4 is 0 Å². The second kappa shape index (κ2) is 4.51. The molecule has 2 nitrogen and oxygen atoms in total. The lowest BCUT2D eigenvalue weighted by atomic mass is 9.45. The number of hydrogen-bond donors (Lipinski definition) is 1. The summed E-state index contributed by atoms with van der Waals surface area (Å²) in [5.74, 6) is 4.47. The Morgan fingerprint density at radius 1 is 0.909 bits per heavy atom. The van der Waals surface area contributed by atoms with Crippen molar-refractivity contribution in [1.82, 2.24) is 0 Å². The molecule has 2 heteroatoms. The number of hydrogen-bond acceptors (Lipinski definition) is 2. The zero-order chi connectivity index (χ0) is 15.1. The van der Waals surface area contributed by atoms with Gasteiger partial charge in [-0.05, 0) is 85.9 Å². The molecule has 5 aliphatic rings. The Balaban J connectivity index is 1.45. The van der Waals surface area contributed by atoms with Crippen LogP contribution in [0.25, 0.3) is 0 Å². The quantitative estimate of drug-likeness (QED) is 0.732. The Kier molecular flexibility index (Phi) is 2.92. The molecule has 1 heterocycles. The van der Waals surface area contributed by atoms with Crippen LogP contribution in [0.2, 0.25) is 0 Å². The van der Waals surface area contributed by atoms with Gasteiger partial charge in [-0.3, -0.25) is 0 Å². The molecule has 22 heavy (non-hydrogen) atoms. The second-order valence-electron chi connectivity index (χ2n) is 9.88. The van der Waals surface area contributed by atoms with Crippen LogP contribution in [-0.4, -0.2) is 23.9 Å². The van der Waals surface area contributed by atoms with Crippen LogP contribution in [-0.2, 0) is 4.74 Å². The summed E-state index contributed by atoms with van der Waals surface area (Å²) in [5, 5.41) is 10.1. The topological polar surface area (TPSA) is 29.5 Å². The van der Waals surface area contributed by atoms with Gasteiger partial charge < -0.3 is 9.84 Å². The standard InChI is InChI=1S/C20H32O2/c1-19-7-5-14(21)10-13(19)3-4-15-16(19)6-8-20(2)17(15)9-12-11-22-18(12)20/h12-18,21H,3-11H2,1-2H3/t12-,13-,14-,15+,16-,17-,18+,19-,20-/m0/s1. The van der Waals surface area contributed by atoms with Gasteiger partial charge in [-0.25, -0.2) is 0 Å². The predicted octanol–water partition coefficient (Wildman–Crippen LogP) is 4.01. The van der Waals surface area contributed by atoms with Crippen LogP contribution in [0.15, 0.2) is 0 Å². The van der Waals surface area contributed by atoms with E-state index >= 15 is 0 Å². The van der Waals surface area contributed by atoms with Gasteiger partial charge in [-0.1, -0.05) is 13.8 Å². The van der Waals surface area contributed by atoms with Gasteiger partial charge in [0, 0.05) is 5.92 Å². The van der Waals surface area contributed by atoms with E-state index in [1.807, 2.05) is 0 Å². The average molecular weight is 304 g/mol. The van der Waals surface area contributed by atoms with Crippen molar-refractivity contribution in [3.05, 3.63) is 0 Å². The van der Waals surface area contributed by atoms with E-state index in [1.54, 1.807) is 0 Å². The monoisotopic (exact) mass is 304 g/mol. The first kappa shape index (κ1) is 14.3. The molecule has 4 saturated carbocycles. The lowest BCUT2D eigenvalue weighted by molar-refractivity contribution is -0.174. The number of rotatable bonds is 0. The van der Waals surface area contributed by atoms with Crippen molar-refractivity contribution in [2.45, 2.75) is 77.4 Å². The minimum absolute atomic E-state index is 0.0146. The van der Waals surface area contributed by atoms with E-state index in [0.29, 0.717) is 16.9 Å². The van der Waals surface area contributed by atoms with E-state index in [9.17, 15) is 5.11 Å². The second-order valence-corrected chi connectivity index (χ2v) is 9.88. The molecule has 0 unspecified atom stereocenters. The van der Waals surface area contributed by atoms with Crippen LogP contribution in [0.1, 0.15) is 65.2 Å². The summed E-state index contributed by atoms with van der Waals surface area (Å²) in [6.45, 7) is 6.18. The summed E-state index contributed by atoms with van der Waals surface area (Å²) in [5.41, 5.74) is 1.01. The lowest BCUT2D eigenvalue weighted by Crippen LogP contribution is -2.55. The van der Waals surface area contributed by atoms with Crippen molar-refractivity contribution in [3.63, 3.8) is 0 Å². The molecule has 1 N–H and O–H groups in total. The van der Waals surface area contributed by atoms with Gasteiger partial charge in [-0.15, -0.1) is 0 Å². The fourth-order valence-electron chi connectivity index (χ4n) is 7.96. The van der Waals surface area contributed by atoms with E-state index < -0.39 is 0 Å². The number of fused-ring (bicyclic) bond motifs is 7. The van der Waals surface area contributed by atoms with E-state index in [0.717, 1.165) is 49.0 Å². The van der Waals surface area contributed by atoms with Gasteiger partial charge in [0.25, 0.3) is 0 Å². The molecule has 9 atom stereocenters. The Hall–Kier alpha value is -0.0800. The summed E-state index contributed by atoms with van der Waals surface area (Å²) < 4.78 is 6.02. The molecule has 5 fully saturated rings. The SMILES string of the molecule is C[C@]12CC[C@H](O)C[C@@H]1CC[C@@H]1[C@@H]2CC[C@]2(C)[C@@H]3OC[C@@H]3C[C@@H]12. The third-order valence-corrected chi connectivity index (χ3v) is 9.20. The highest BCUT2D eigenvalue weighted by molar-refractivity contribution is 5.13. The molecule has 0 aromatic heterocycles. The minimum atomic E-state index is -0.0146. The maximum absolute atomic E-state index is 10.1. The van der Waals surface area contributed by atoms with Gasteiger partial charge >= 0.3 is 0 Å². The molecule has 0 radical (unpaired) electrons. The van der Waals surface area contributed by atoms with Crippen molar-refractivity contribution in [1.29, 1.82) is 0 Å². The molecule has 1 aliphatic heterocycles. The molecule has 0 aromatic rings. The summed E-state index contributed by atoms with van der Waals surface area (Å²) in [6.07, 6.45) is 11.0. The molecule has 0 aromatic carbocycles. The first-order chi connectivity index (χ1) is 10.5. The maximum atomic E-state index is 10.1. The molecule has 1 saturated heterocycles. The van der Waals surface area contributed by atoms with Gasteiger partial charge in [0.1, 0.15) is 0 Å². The average Bonchev–Trinajstić information content (AvgIpc) is 2.65. The van der Waals surface area contributed by atoms with E-state index in [1.165, 1.54) is 38.5 Å². The fraction of sp³-hybridized carbons (Fsp3) is 1.00. The predicted molar refractivity (Wildman–Crippen MR) is 86.3 cm³/mol. The largest absolute Gasteiger partial charge is 0.393 e. The first-order valence-corrected chi connectivity index (χ1v) is 9.82.